The Balaban J connectivity index is 4.05. The van der Waals surface area contributed by atoms with Gasteiger partial charge in [-0.2, -0.15) is 0 Å². The summed E-state index contributed by atoms with van der Waals surface area (Å²) in [6, 6.07) is 1.35. The van der Waals surface area contributed by atoms with Gasteiger partial charge in [-0.3, -0.25) is 4.98 Å². The van der Waals surface area contributed by atoms with Crippen LogP contribution in [0, 0.1) is 0 Å². The van der Waals surface area contributed by atoms with Gasteiger partial charge in [0.05, 0.1) is 0 Å². The monoisotopic (exact) mass is 177 g/mol. The van der Waals surface area contributed by atoms with Crippen LogP contribution in [0.1, 0.15) is 20.8 Å². The van der Waals surface area contributed by atoms with E-state index in [1.807, 2.05) is 0 Å². The van der Waals surface area contributed by atoms with E-state index in [0.717, 1.165) is 6.04 Å². The van der Waals surface area contributed by atoms with E-state index in [1.165, 1.54) is 0 Å². The molecule has 0 aromatic carbocycles. The lowest BCUT2D eigenvalue weighted by Gasteiger charge is -2.28. The summed E-state index contributed by atoms with van der Waals surface area (Å²) in [5, 5.41) is 0. The topological polar surface area (TPSA) is 30.5 Å². The van der Waals surface area contributed by atoms with Gasteiger partial charge in [-0.15, -0.1) is 0 Å². The Labute approximate surface area is 70.4 Å². The van der Waals surface area contributed by atoms with Gasteiger partial charge in [0, 0.05) is 20.3 Å². The molecule has 11 heavy (non-hydrogen) atoms. The molecule has 0 bridgehead atoms. The summed E-state index contributed by atoms with van der Waals surface area (Å²) in [5.74, 6) is 0. The predicted molar refractivity (Wildman–Crippen MR) is 48.5 cm³/mol. The van der Waals surface area contributed by atoms with Crippen LogP contribution in [0.3, 0.4) is 0 Å². The minimum atomic E-state index is -2.03. The molecule has 0 aromatic rings. The highest BCUT2D eigenvalue weighted by Gasteiger charge is 2.34. The second kappa shape index (κ2) is 4.87. The maximum Gasteiger partial charge on any atom is 0.424 e. The summed E-state index contributed by atoms with van der Waals surface area (Å²) < 4.78 is 10.7. The molecule has 0 aliphatic heterocycles. The van der Waals surface area contributed by atoms with Gasteiger partial charge >= 0.3 is 8.72 Å². The lowest BCUT2D eigenvalue weighted by molar-refractivity contribution is 0.224. The first-order valence-corrected chi connectivity index (χ1v) is 6.00. The van der Waals surface area contributed by atoms with Crippen molar-refractivity contribution in [1.29, 1.82) is 0 Å². The standard InChI is InChI=1S/C7H19NO2Si/c1-6-11(9-4,10-5)8-7(2)3/h7-8H,6H2,1-5H3. The SMILES string of the molecule is CC[Si](NC(C)C)(OC)OC. The van der Waals surface area contributed by atoms with Gasteiger partial charge in [-0.25, -0.2) is 0 Å². The van der Waals surface area contributed by atoms with Gasteiger partial charge in [0.25, 0.3) is 0 Å². The molecule has 68 valence electrons. The van der Waals surface area contributed by atoms with Crippen LogP contribution in [0.5, 0.6) is 0 Å². The third-order valence-electron chi connectivity index (χ3n) is 1.63. The van der Waals surface area contributed by atoms with E-state index in [0.29, 0.717) is 6.04 Å². The van der Waals surface area contributed by atoms with Crippen LogP contribution in [0.2, 0.25) is 6.04 Å². The molecule has 0 saturated carbocycles. The molecule has 0 radical (unpaired) electrons. The van der Waals surface area contributed by atoms with Gasteiger partial charge in [-0.05, 0) is 6.04 Å². The van der Waals surface area contributed by atoms with Crippen molar-refractivity contribution in [3.8, 4) is 0 Å². The second-order valence-electron chi connectivity index (χ2n) is 2.81. The van der Waals surface area contributed by atoms with Crippen molar-refractivity contribution >= 4 is 8.72 Å². The Kier molecular flexibility index (Phi) is 4.91. The Hall–Kier alpha value is 0.0969. The van der Waals surface area contributed by atoms with Gasteiger partial charge in [-0.1, -0.05) is 20.8 Å². The molecule has 0 aliphatic carbocycles. The van der Waals surface area contributed by atoms with E-state index in [4.69, 9.17) is 8.85 Å². The molecule has 0 saturated heterocycles. The average molecular weight is 177 g/mol. The first-order valence-electron chi connectivity index (χ1n) is 3.98. The highest BCUT2D eigenvalue weighted by atomic mass is 28.4. The first-order chi connectivity index (χ1) is 5.10. The highest BCUT2D eigenvalue weighted by molar-refractivity contribution is 6.64. The molecule has 3 nitrogen and oxygen atoms in total. The van der Waals surface area contributed by atoms with E-state index < -0.39 is 8.72 Å². The van der Waals surface area contributed by atoms with Gasteiger partial charge < -0.3 is 8.85 Å². The molecule has 1 N–H and O–H groups in total. The summed E-state index contributed by atoms with van der Waals surface area (Å²) >= 11 is 0. The van der Waals surface area contributed by atoms with Crippen molar-refractivity contribution in [2.24, 2.45) is 0 Å². The fourth-order valence-electron chi connectivity index (χ4n) is 1.03. The molecular formula is C7H19NO2Si. The first kappa shape index (κ1) is 11.1. The van der Waals surface area contributed by atoms with Crippen LogP contribution in [0.15, 0.2) is 0 Å². The number of hydrogen-bond donors (Lipinski definition) is 1. The van der Waals surface area contributed by atoms with Crippen molar-refractivity contribution < 1.29 is 8.85 Å². The van der Waals surface area contributed by atoms with Crippen LogP contribution in [-0.2, 0) is 8.85 Å². The minimum absolute atomic E-state index is 0.418. The molecule has 4 heteroatoms. The summed E-state index contributed by atoms with van der Waals surface area (Å²) in [5.41, 5.74) is 0. The number of rotatable bonds is 5. The van der Waals surface area contributed by atoms with E-state index in [2.05, 4.69) is 25.8 Å². The largest absolute Gasteiger partial charge is 0.424 e. The Morgan fingerprint density at radius 2 is 1.73 bits per heavy atom. The highest BCUT2D eigenvalue weighted by Crippen LogP contribution is 2.07. The molecule has 0 spiro atoms. The van der Waals surface area contributed by atoms with Crippen LogP contribution in [0.25, 0.3) is 0 Å². The molecule has 0 heterocycles. The van der Waals surface area contributed by atoms with Crippen LogP contribution in [0.4, 0.5) is 0 Å². The average Bonchev–Trinajstić information content (AvgIpc) is 2.00. The second-order valence-corrected chi connectivity index (χ2v) is 6.13. The van der Waals surface area contributed by atoms with Gasteiger partial charge in [0.1, 0.15) is 0 Å². The summed E-state index contributed by atoms with van der Waals surface area (Å²) in [7, 11) is 1.38. The Bertz CT molecular complexity index is 96.3. The Morgan fingerprint density at radius 1 is 1.27 bits per heavy atom. The number of nitrogens with one attached hydrogen (secondary N) is 1. The van der Waals surface area contributed by atoms with E-state index >= 15 is 0 Å². The predicted octanol–water partition coefficient (Wildman–Crippen LogP) is 1.24. The molecule has 0 aromatic heterocycles. The lowest BCUT2D eigenvalue weighted by Crippen LogP contribution is -2.56. The molecule has 0 rings (SSSR count). The zero-order chi connectivity index (χ0) is 8.91. The van der Waals surface area contributed by atoms with E-state index in [-0.39, 0.29) is 0 Å². The van der Waals surface area contributed by atoms with E-state index in [9.17, 15) is 0 Å². The molecule has 0 amide bonds. The van der Waals surface area contributed by atoms with Crippen LogP contribution in [-0.4, -0.2) is 29.0 Å². The minimum Gasteiger partial charge on any atom is -0.386 e. The maximum atomic E-state index is 5.35. The summed E-state index contributed by atoms with van der Waals surface area (Å²) in [4.78, 5) is 3.34. The van der Waals surface area contributed by atoms with Crippen molar-refractivity contribution in [3.63, 3.8) is 0 Å². The van der Waals surface area contributed by atoms with Crippen molar-refractivity contribution in [1.82, 2.24) is 4.98 Å². The summed E-state index contributed by atoms with van der Waals surface area (Å²) in [6.45, 7) is 6.26. The fourth-order valence-corrected chi connectivity index (χ4v) is 3.10. The molecule has 0 atom stereocenters. The number of hydrogen-bond acceptors (Lipinski definition) is 3. The summed E-state index contributed by atoms with van der Waals surface area (Å²) in [6.07, 6.45) is 0. The fraction of sp³-hybridized carbons (Fsp3) is 1.00. The maximum absolute atomic E-state index is 5.35. The van der Waals surface area contributed by atoms with Gasteiger partial charge in [0.15, 0.2) is 0 Å². The normalized spacial score (nSPS) is 12.5. The molecule has 0 fully saturated rings. The molecule has 0 aliphatic rings. The zero-order valence-electron chi connectivity index (χ0n) is 8.10. The third-order valence-corrected chi connectivity index (χ3v) is 4.90. The molecule has 0 unspecified atom stereocenters. The van der Waals surface area contributed by atoms with Crippen molar-refractivity contribution in [2.45, 2.75) is 32.9 Å². The van der Waals surface area contributed by atoms with Crippen LogP contribution >= 0.6 is 0 Å². The van der Waals surface area contributed by atoms with Crippen molar-refractivity contribution in [3.05, 3.63) is 0 Å². The molecular weight excluding hydrogens is 158 g/mol. The third kappa shape index (κ3) is 3.33. The van der Waals surface area contributed by atoms with Crippen LogP contribution < -0.4 is 4.98 Å². The Morgan fingerprint density at radius 3 is 1.82 bits per heavy atom. The lowest BCUT2D eigenvalue weighted by atomic mass is 10.4. The zero-order valence-corrected chi connectivity index (χ0v) is 9.10. The van der Waals surface area contributed by atoms with E-state index in [1.54, 1.807) is 14.2 Å². The van der Waals surface area contributed by atoms with Crippen molar-refractivity contribution in [2.75, 3.05) is 14.2 Å². The smallest absolute Gasteiger partial charge is 0.386 e. The quantitative estimate of drug-likeness (QED) is 0.641. The van der Waals surface area contributed by atoms with Gasteiger partial charge in [0.2, 0.25) is 0 Å².